The van der Waals surface area contributed by atoms with Crippen molar-refractivity contribution in [2.45, 2.75) is 19.3 Å². The molecular formula is C25H30ClN3O4. The summed E-state index contributed by atoms with van der Waals surface area (Å²) in [6, 6.07) is 11.7. The highest BCUT2D eigenvalue weighted by Gasteiger charge is 2.24. The molecule has 0 atom stereocenters. The van der Waals surface area contributed by atoms with Crippen LogP contribution in [0.4, 0.5) is 11.4 Å². The molecule has 2 saturated heterocycles. The Kier molecular flexibility index (Phi) is 7.85. The van der Waals surface area contributed by atoms with Crippen LogP contribution in [-0.4, -0.2) is 67.8 Å². The van der Waals surface area contributed by atoms with E-state index in [4.69, 9.17) is 16.3 Å². The van der Waals surface area contributed by atoms with Crippen molar-refractivity contribution in [3.05, 3.63) is 58.6 Å². The van der Waals surface area contributed by atoms with Crippen LogP contribution in [0, 0.1) is 5.92 Å². The normalized spacial score (nSPS) is 17.7. The van der Waals surface area contributed by atoms with Gasteiger partial charge >= 0.3 is 5.97 Å². The Morgan fingerprint density at radius 1 is 1.06 bits per heavy atom. The Balaban J connectivity index is 1.43. The number of hydrogen-bond donors (Lipinski definition) is 2. The number of amides is 1. The number of nitrogens with one attached hydrogen (secondary N) is 1. The van der Waals surface area contributed by atoms with E-state index >= 15 is 0 Å². The fraction of sp³-hybridized carbons (Fsp3) is 0.440. The number of nitrogens with zero attached hydrogens (tertiary/aromatic N) is 2. The third kappa shape index (κ3) is 6.05. The molecule has 2 aliphatic rings. The number of carbonyl (C=O) groups is 2. The van der Waals surface area contributed by atoms with Crippen LogP contribution in [0.2, 0.25) is 5.02 Å². The monoisotopic (exact) mass is 471 g/mol. The fourth-order valence-corrected chi connectivity index (χ4v) is 4.75. The van der Waals surface area contributed by atoms with Gasteiger partial charge in [0.1, 0.15) is 0 Å². The van der Waals surface area contributed by atoms with Gasteiger partial charge < -0.3 is 20.1 Å². The molecule has 2 aliphatic heterocycles. The van der Waals surface area contributed by atoms with Crippen molar-refractivity contribution >= 4 is 34.9 Å². The highest BCUT2D eigenvalue weighted by atomic mass is 35.5. The second-order valence-corrected chi connectivity index (χ2v) is 9.05. The first-order valence-corrected chi connectivity index (χ1v) is 11.9. The van der Waals surface area contributed by atoms with Gasteiger partial charge in [-0.25, -0.2) is 4.79 Å². The Bertz CT molecular complexity index is 985. The van der Waals surface area contributed by atoms with Crippen molar-refractivity contribution in [2.24, 2.45) is 5.92 Å². The molecule has 2 heterocycles. The van der Waals surface area contributed by atoms with E-state index in [0.29, 0.717) is 22.2 Å². The van der Waals surface area contributed by atoms with Crippen molar-refractivity contribution in [2.75, 3.05) is 56.2 Å². The van der Waals surface area contributed by atoms with E-state index in [1.165, 1.54) is 12.5 Å². The number of rotatable bonds is 7. The van der Waals surface area contributed by atoms with Gasteiger partial charge in [0.05, 0.1) is 40.7 Å². The lowest BCUT2D eigenvalue weighted by Gasteiger charge is -2.36. The predicted molar refractivity (Wildman–Crippen MR) is 130 cm³/mol. The smallest absolute Gasteiger partial charge is 0.335 e. The number of ether oxygens (including phenoxy) is 1. The van der Waals surface area contributed by atoms with Crippen molar-refractivity contribution in [1.29, 1.82) is 0 Å². The zero-order valence-electron chi connectivity index (χ0n) is 18.6. The molecule has 0 radical (unpaired) electrons. The first-order chi connectivity index (χ1) is 16.0. The van der Waals surface area contributed by atoms with Gasteiger partial charge in [-0.1, -0.05) is 23.7 Å². The van der Waals surface area contributed by atoms with E-state index in [-0.39, 0.29) is 11.5 Å². The van der Waals surface area contributed by atoms with Crippen LogP contribution in [0.3, 0.4) is 0 Å². The molecule has 2 N–H and O–H groups in total. The average Bonchev–Trinajstić information content (AvgIpc) is 2.84. The van der Waals surface area contributed by atoms with Crippen LogP contribution in [0.25, 0.3) is 0 Å². The van der Waals surface area contributed by atoms with Gasteiger partial charge in [0.25, 0.3) is 5.91 Å². The van der Waals surface area contributed by atoms with Gasteiger partial charge in [0, 0.05) is 26.2 Å². The van der Waals surface area contributed by atoms with Crippen LogP contribution in [0.5, 0.6) is 0 Å². The summed E-state index contributed by atoms with van der Waals surface area (Å²) in [6.07, 6.45) is 3.33. The van der Waals surface area contributed by atoms with Crippen molar-refractivity contribution in [3.8, 4) is 0 Å². The number of morpholine rings is 1. The van der Waals surface area contributed by atoms with Crippen LogP contribution in [-0.2, 0) is 4.74 Å². The number of anilines is 2. The number of piperidine rings is 1. The molecule has 0 unspecified atom stereocenters. The summed E-state index contributed by atoms with van der Waals surface area (Å²) in [5.74, 6) is -0.718. The number of carboxylic acid groups (broad SMARTS) is 1. The summed E-state index contributed by atoms with van der Waals surface area (Å²) in [5, 5.41) is 12.7. The van der Waals surface area contributed by atoms with Crippen LogP contribution in [0.1, 0.15) is 40.0 Å². The predicted octanol–water partition coefficient (Wildman–Crippen LogP) is 4.23. The summed E-state index contributed by atoms with van der Waals surface area (Å²) in [6.45, 7) is 6.54. The molecule has 2 aromatic carbocycles. The largest absolute Gasteiger partial charge is 0.478 e. The second kappa shape index (κ2) is 11.0. The molecule has 8 heteroatoms. The molecule has 176 valence electrons. The number of carboxylic acids is 1. The van der Waals surface area contributed by atoms with Crippen molar-refractivity contribution in [3.63, 3.8) is 0 Å². The maximum atomic E-state index is 12.9. The van der Waals surface area contributed by atoms with Crippen molar-refractivity contribution < 1.29 is 19.4 Å². The van der Waals surface area contributed by atoms with E-state index in [2.05, 4.69) is 15.1 Å². The molecule has 0 aliphatic carbocycles. The molecule has 0 saturated carbocycles. The summed E-state index contributed by atoms with van der Waals surface area (Å²) in [7, 11) is 0. The Morgan fingerprint density at radius 3 is 2.48 bits per heavy atom. The number of benzene rings is 2. The SMILES string of the molecule is O=C(O)c1ccc(N2CCC(CCN3CCOCC3)CC2)c(NC(=O)c2ccccc2Cl)c1. The first kappa shape index (κ1) is 23.5. The number of halogens is 1. The highest BCUT2D eigenvalue weighted by Crippen LogP contribution is 2.32. The lowest BCUT2D eigenvalue weighted by atomic mass is 9.92. The van der Waals surface area contributed by atoms with E-state index in [9.17, 15) is 14.7 Å². The quantitative estimate of drug-likeness (QED) is 0.629. The summed E-state index contributed by atoms with van der Waals surface area (Å²) >= 11 is 6.18. The molecule has 2 aromatic rings. The molecule has 33 heavy (non-hydrogen) atoms. The van der Waals surface area contributed by atoms with Crippen LogP contribution >= 0.6 is 11.6 Å². The minimum atomic E-state index is -1.03. The van der Waals surface area contributed by atoms with Crippen LogP contribution < -0.4 is 10.2 Å². The van der Waals surface area contributed by atoms with Gasteiger partial charge in [0.15, 0.2) is 0 Å². The molecule has 0 aromatic heterocycles. The minimum Gasteiger partial charge on any atom is -0.478 e. The Morgan fingerprint density at radius 2 is 1.79 bits per heavy atom. The van der Waals surface area contributed by atoms with E-state index in [1.54, 1.807) is 36.4 Å². The lowest BCUT2D eigenvalue weighted by Crippen LogP contribution is -2.39. The molecule has 0 bridgehead atoms. The van der Waals surface area contributed by atoms with E-state index in [1.807, 2.05) is 0 Å². The maximum absolute atomic E-state index is 12.9. The molecular weight excluding hydrogens is 442 g/mol. The molecule has 1 amide bonds. The molecule has 2 fully saturated rings. The Hall–Kier alpha value is -2.61. The van der Waals surface area contributed by atoms with Gasteiger partial charge in [-0.05, 0) is 62.1 Å². The number of carbonyl (C=O) groups excluding carboxylic acids is 1. The van der Waals surface area contributed by atoms with Gasteiger partial charge in [-0.2, -0.15) is 0 Å². The molecule has 7 nitrogen and oxygen atoms in total. The minimum absolute atomic E-state index is 0.133. The first-order valence-electron chi connectivity index (χ1n) is 11.5. The third-order valence-corrected chi connectivity index (χ3v) is 6.85. The average molecular weight is 472 g/mol. The van der Waals surface area contributed by atoms with Crippen molar-refractivity contribution in [1.82, 2.24) is 4.90 Å². The van der Waals surface area contributed by atoms with Gasteiger partial charge in [-0.3, -0.25) is 9.69 Å². The molecule has 0 spiro atoms. The van der Waals surface area contributed by atoms with E-state index in [0.717, 1.165) is 64.5 Å². The number of hydrogen-bond acceptors (Lipinski definition) is 5. The summed E-state index contributed by atoms with van der Waals surface area (Å²) in [4.78, 5) is 29.1. The molecule has 4 rings (SSSR count). The van der Waals surface area contributed by atoms with Crippen LogP contribution in [0.15, 0.2) is 42.5 Å². The van der Waals surface area contributed by atoms with Gasteiger partial charge in [-0.15, -0.1) is 0 Å². The topological polar surface area (TPSA) is 82.1 Å². The lowest BCUT2D eigenvalue weighted by molar-refractivity contribution is 0.0349. The summed E-state index contributed by atoms with van der Waals surface area (Å²) < 4.78 is 5.43. The standard InChI is InChI=1S/C25H30ClN3O4/c26-21-4-2-1-3-20(21)24(30)27-22-17-19(25(31)32)5-6-23(22)29-11-8-18(9-12-29)7-10-28-13-15-33-16-14-28/h1-6,17-18H,7-16H2,(H,27,30)(H,31,32). The zero-order chi connectivity index (χ0) is 23.2. The summed E-state index contributed by atoms with van der Waals surface area (Å²) in [5.41, 5.74) is 1.82. The number of aromatic carboxylic acids is 1. The zero-order valence-corrected chi connectivity index (χ0v) is 19.4. The highest BCUT2D eigenvalue weighted by molar-refractivity contribution is 6.34. The Labute approximate surface area is 199 Å². The van der Waals surface area contributed by atoms with E-state index < -0.39 is 5.97 Å². The maximum Gasteiger partial charge on any atom is 0.335 e. The fourth-order valence-electron chi connectivity index (χ4n) is 4.53. The third-order valence-electron chi connectivity index (χ3n) is 6.52. The second-order valence-electron chi connectivity index (χ2n) is 8.64. The van der Waals surface area contributed by atoms with Gasteiger partial charge in [0.2, 0.25) is 0 Å².